The maximum absolute atomic E-state index is 12.9. The van der Waals surface area contributed by atoms with Gasteiger partial charge in [-0.05, 0) is 36.4 Å². The van der Waals surface area contributed by atoms with Gasteiger partial charge in [0.25, 0.3) is 5.69 Å². The summed E-state index contributed by atoms with van der Waals surface area (Å²) in [7, 11) is 0. The van der Waals surface area contributed by atoms with E-state index >= 15 is 0 Å². The Hall–Kier alpha value is -3.71. The van der Waals surface area contributed by atoms with Crippen molar-refractivity contribution in [1.82, 2.24) is 4.98 Å². The second-order valence-electron chi connectivity index (χ2n) is 6.07. The summed E-state index contributed by atoms with van der Waals surface area (Å²) >= 11 is 1.34. The highest BCUT2D eigenvalue weighted by atomic mass is 32.2. The van der Waals surface area contributed by atoms with Crippen LogP contribution in [0.1, 0.15) is 10.4 Å². The summed E-state index contributed by atoms with van der Waals surface area (Å²) in [5, 5.41) is 11.7. The van der Waals surface area contributed by atoms with E-state index in [1.165, 1.54) is 23.9 Å². The lowest BCUT2D eigenvalue weighted by atomic mass is 10.2. The van der Waals surface area contributed by atoms with E-state index in [4.69, 9.17) is 4.74 Å². The van der Waals surface area contributed by atoms with Crippen LogP contribution in [0.15, 0.2) is 94.9 Å². The SMILES string of the molecule is O=C(Oc1cccc2cccnc12)c1ccccc1Sc1ccc([N+](=O)[O-])cc1. The molecule has 7 heteroatoms. The first kappa shape index (κ1) is 18.6. The number of nitro groups is 1. The molecule has 0 atom stereocenters. The first-order chi connectivity index (χ1) is 14.1. The summed E-state index contributed by atoms with van der Waals surface area (Å²) in [5.41, 5.74) is 1.04. The zero-order chi connectivity index (χ0) is 20.2. The van der Waals surface area contributed by atoms with Crippen LogP contribution < -0.4 is 4.74 Å². The number of pyridine rings is 1. The minimum Gasteiger partial charge on any atom is -0.421 e. The maximum atomic E-state index is 12.9. The monoisotopic (exact) mass is 402 g/mol. The number of fused-ring (bicyclic) bond motifs is 1. The van der Waals surface area contributed by atoms with Crippen molar-refractivity contribution in [3.05, 3.63) is 101 Å². The van der Waals surface area contributed by atoms with E-state index in [9.17, 15) is 14.9 Å². The Morgan fingerprint density at radius 3 is 2.48 bits per heavy atom. The van der Waals surface area contributed by atoms with Gasteiger partial charge in [0, 0.05) is 33.5 Å². The van der Waals surface area contributed by atoms with Crippen LogP contribution in [0.25, 0.3) is 10.9 Å². The van der Waals surface area contributed by atoms with Gasteiger partial charge < -0.3 is 4.74 Å². The van der Waals surface area contributed by atoms with Crippen LogP contribution in [0.4, 0.5) is 5.69 Å². The minimum absolute atomic E-state index is 0.0190. The van der Waals surface area contributed by atoms with Crippen molar-refractivity contribution >= 4 is 34.3 Å². The third-order valence-electron chi connectivity index (χ3n) is 4.18. The number of carbonyl (C=O) groups is 1. The summed E-state index contributed by atoms with van der Waals surface area (Å²) < 4.78 is 5.64. The normalized spacial score (nSPS) is 10.6. The van der Waals surface area contributed by atoms with Crippen LogP contribution in [0.3, 0.4) is 0 Å². The molecule has 0 N–H and O–H groups in total. The predicted octanol–water partition coefficient (Wildman–Crippen LogP) is 5.51. The molecule has 4 rings (SSSR count). The number of aromatic nitrogens is 1. The first-order valence-electron chi connectivity index (χ1n) is 8.69. The highest BCUT2D eigenvalue weighted by Crippen LogP contribution is 2.32. The zero-order valence-electron chi connectivity index (χ0n) is 15.0. The molecule has 0 fully saturated rings. The fourth-order valence-corrected chi connectivity index (χ4v) is 3.73. The summed E-state index contributed by atoms with van der Waals surface area (Å²) in [4.78, 5) is 29.0. The molecule has 0 bridgehead atoms. The summed E-state index contributed by atoms with van der Waals surface area (Å²) in [6, 6.07) is 22.4. The second kappa shape index (κ2) is 8.12. The first-order valence-corrected chi connectivity index (χ1v) is 9.51. The molecule has 0 radical (unpaired) electrons. The average Bonchev–Trinajstić information content (AvgIpc) is 2.75. The zero-order valence-corrected chi connectivity index (χ0v) is 15.8. The van der Waals surface area contributed by atoms with Gasteiger partial charge in [-0.25, -0.2) is 4.79 Å². The lowest BCUT2D eigenvalue weighted by molar-refractivity contribution is -0.384. The molecule has 142 valence electrons. The van der Waals surface area contributed by atoms with E-state index < -0.39 is 10.9 Å². The number of carbonyl (C=O) groups excluding carboxylic acids is 1. The molecular weight excluding hydrogens is 388 g/mol. The van der Waals surface area contributed by atoms with Crippen molar-refractivity contribution in [1.29, 1.82) is 0 Å². The number of esters is 1. The molecule has 1 heterocycles. The van der Waals surface area contributed by atoms with E-state index in [0.29, 0.717) is 21.7 Å². The van der Waals surface area contributed by atoms with Gasteiger partial charge in [-0.2, -0.15) is 0 Å². The number of non-ortho nitro benzene ring substituents is 1. The van der Waals surface area contributed by atoms with Crippen LogP contribution in [0, 0.1) is 10.1 Å². The van der Waals surface area contributed by atoms with Crippen molar-refractivity contribution < 1.29 is 14.5 Å². The van der Waals surface area contributed by atoms with Gasteiger partial charge >= 0.3 is 5.97 Å². The van der Waals surface area contributed by atoms with Gasteiger partial charge in [-0.3, -0.25) is 15.1 Å². The molecule has 0 saturated carbocycles. The van der Waals surface area contributed by atoms with Crippen LogP contribution >= 0.6 is 11.8 Å². The Bertz CT molecular complexity index is 1200. The lowest BCUT2D eigenvalue weighted by Crippen LogP contribution is -2.10. The second-order valence-corrected chi connectivity index (χ2v) is 7.19. The number of nitro benzene ring substituents is 1. The Balaban J connectivity index is 1.60. The van der Waals surface area contributed by atoms with Crippen LogP contribution in [-0.2, 0) is 0 Å². The lowest BCUT2D eigenvalue weighted by Gasteiger charge is -2.10. The average molecular weight is 402 g/mol. The highest BCUT2D eigenvalue weighted by molar-refractivity contribution is 7.99. The standard InChI is InChI=1S/C22H14N2O4S/c25-22(28-19-8-3-5-15-6-4-14-23-21(15)19)18-7-1-2-9-20(18)29-17-12-10-16(11-13-17)24(26)27/h1-14H. The number of benzene rings is 3. The van der Waals surface area contributed by atoms with Gasteiger partial charge in [0.05, 0.1) is 10.5 Å². The number of nitrogens with zero attached hydrogens (tertiary/aromatic N) is 2. The van der Waals surface area contributed by atoms with E-state index in [-0.39, 0.29) is 5.69 Å². The van der Waals surface area contributed by atoms with Crippen molar-refractivity contribution in [3.8, 4) is 5.75 Å². The number of ether oxygens (including phenoxy) is 1. The summed E-state index contributed by atoms with van der Waals surface area (Å²) in [5.74, 6) is -0.101. The number of hydrogen-bond acceptors (Lipinski definition) is 6. The Morgan fingerprint density at radius 2 is 1.69 bits per heavy atom. The van der Waals surface area contributed by atoms with E-state index in [2.05, 4.69) is 4.98 Å². The fourth-order valence-electron chi connectivity index (χ4n) is 2.80. The van der Waals surface area contributed by atoms with Crippen molar-refractivity contribution in [3.63, 3.8) is 0 Å². The van der Waals surface area contributed by atoms with Gasteiger partial charge in [0.2, 0.25) is 0 Å². The molecule has 0 aliphatic heterocycles. The van der Waals surface area contributed by atoms with Crippen LogP contribution in [0.5, 0.6) is 5.75 Å². The molecule has 1 aromatic heterocycles. The van der Waals surface area contributed by atoms with Crippen LogP contribution in [0.2, 0.25) is 0 Å². The van der Waals surface area contributed by atoms with E-state index in [1.807, 2.05) is 36.4 Å². The number of hydrogen-bond donors (Lipinski definition) is 0. The number of para-hydroxylation sites is 1. The molecular formula is C22H14N2O4S. The minimum atomic E-state index is -0.492. The number of rotatable bonds is 5. The molecule has 3 aromatic carbocycles. The third kappa shape index (κ3) is 4.09. The Labute approximate surface area is 170 Å². The fraction of sp³-hybridized carbons (Fsp3) is 0. The molecule has 6 nitrogen and oxygen atoms in total. The Morgan fingerprint density at radius 1 is 0.931 bits per heavy atom. The largest absolute Gasteiger partial charge is 0.421 e. The smallest absolute Gasteiger partial charge is 0.344 e. The van der Waals surface area contributed by atoms with E-state index in [1.54, 1.807) is 36.5 Å². The van der Waals surface area contributed by atoms with Crippen molar-refractivity contribution in [2.75, 3.05) is 0 Å². The topological polar surface area (TPSA) is 82.3 Å². The van der Waals surface area contributed by atoms with Crippen molar-refractivity contribution in [2.24, 2.45) is 0 Å². The molecule has 0 unspecified atom stereocenters. The molecule has 0 amide bonds. The third-order valence-corrected chi connectivity index (χ3v) is 5.26. The molecule has 0 spiro atoms. The predicted molar refractivity (Wildman–Crippen MR) is 110 cm³/mol. The van der Waals surface area contributed by atoms with Gasteiger partial charge in [-0.1, -0.05) is 42.1 Å². The molecule has 4 aromatic rings. The molecule has 0 aliphatic carbocycles. The van der Waals surface area contributed by atoms with Crippen LogP contribution in [-0.4, -0.2) is 15.9 Å². The molecule has 0 aliphatic rings. The highest BCUT2D eigenvalue weighted by Gasteiger charge is 2.16. The van der Waals surface area contributed by atoms with E-state index in [0.717, 1.165) is 10.3 Å². The molecule has 0 saturated heterocycles. The van der Waals surface area contributed by atoms with Gasteiger partial charge in [-0.15, -0.1) is 0 Å². The van der Waals surface area contributed by atoms with Gasteiger partial charge in [0.15, 0.2) is 5.75 Å². The summed E-state index contributed by atoms with van der Waals surface area (Å²) in [6.07, 6.45) is 1.65. The Kier molecular flexibility index (Phi) is 5.22. The molecule has 29 heavy (non-hydrogen) atoms. The van der Waals surface area contributed by atoms with Crippen molar-refractivity contribution in [2.45, 2.75) is 9.79 Å². The van der Waals surface area contributed by atoms with Gasteiger partial charge in [0.1, 0.15) is 5.52 Å². The quantitative estimate of drug-likeness (QED) is 0.189. The maximum Gasteiger partial charge on any atom is 0.344 e. The summed E-state index contributed by atoms with van der Waals surface area (Å²) in [6.45, 7) is 0.